The molecule has 4 aromatic carbocycles. The average molecular weight is 575 g/mol. The van der Waals surface area contributed by atoms with Crippen LogP contribution in [0.15, 0.2) is 119 Å². The van der Waals surface area contributed by atoms with Crippen LogP contribution < -0.4 is 9.54 Å². The van der Waals surface area contributed by atoms with Gasteiger partial charge in [0.1, 0.15) is 11.6 Å². The first-order valence-corrected chi connectivity index (χ1v) is 12.5. The van der Waals surface area contributed by atoms with E-state index in [0.717, 1.165) is 33.8 Å². The maximum atomic E-state index is 14.3. The van der Waals surface area contributed by atoms with Gasteiger partial charge in [-0.3, -0.25) is 0 Å². The summed E-state index contributed by atoms with van der Waals surface area (Å²) < 4.78 is 21.6. The van der Waals surface area contributed by atoms with Crippen LogP contribution in [0.1, 0.15) is 12.5 Å². The smallest absolute Gasteiger partial charge is 0.211 e. The predicted octanol–water partition coefficient (Wildman–Crippen LogP) is 8.11. The molecule has 0 aliphatic carbocycles. The Morgan fingerprint density at radius 1 is 0.811 bits per heavy atom. The van der Waals surface area contributed by atoms with E-state index in [9.17, 15) is 4.39 Å². The van der Waals surface area contributed by atoms with Crippen molar-refractivity contribution in [3.63, 3.8) is 0 Å². The van der Waals surface area contributed by atoms with E-state index in [1.807, 2.05) is 54.8 Å². The Labute approximate surface area is 229 Å². The first kappa shape index (κ1) is 26.3. The molecule has 0 fully saturated rings. The number of hydrogen-bond donors (Lipinski definition) is 0. The lowest BCUT2D eigenvalue weighted by Gasteiger charge is -2.06. The van der Waals surface area contributed by atoms with Gasteiger partial charge < -0.3 is 4.74 Å². The van der Waals surface area contributed by atoms with Gasteiger partial charge in [-0.25, -0.2) is 14.1 Å². The molecule has 0 unspecified atom stereocenters. The van der Waals surface area contributed by atoms with Gasteiger partial charge in [0.25, 0.3) is 0 Å². The summed E-state index contributed by atoms with van der Waals surface area (Å²) >= 11 is 1.48. The quantitative estimate of drug-likeness (QED) is 0.181. The number of ether oxygens (including phenoxy) is 1. The highest BCUT2D eigenvalue weighted by molar-refractivity contribution is 8.93. The Balaban J connectivity index is 0.00000320. The topological polar surface area (TPSA) is 38.9 Å². The van der Waals surface area contributed by atoms with Crippen LogP contribution in [0, 0.1) is 5.82 Å². The molecule has 4 nitrogen and oxygen atoms in total. The molecule has 5 aromatic rings. The van der Waals surface area contributed by atoms with Gasteiger partial charge >= 0.3 is 0 Å². The highest BCUT2D eigenvalue weighted by atomic mass is 79.9. The molecule has 0 bridgehead atoms. The lowest BCUT2D eigenvalue weighted by molar-refractivity contribution is 0.340. The van der Waals surface area contributed by atoms with Crippen molar-refractivity contribution in [2.45, 2.75) is 6.92 Å². The van der Waals surface area contributed by atoms with Crippen molar-refractivity contribution in [3.8, 4) is 28.1 Å². The van der Waals surface area contributed by atoms with Crippen molar-refractivity contribution in [2.24, 2.45) is 10.1 Å². The molecule has 0 aliphatic rings. The van der Waals surface area contributed by atoms with E-state index in [1.54, 1.807) is 22.9 Å². The van der Waals surface area contributed by atoms with Crippen LogP contribution in [-0.4, -0.2) is 17.5 Å². The molecular weight excluding hydrogens is 549 g/mol. The van der Waals surface area contributed by atoms with Crippen molar-refractivity contribution in [2.75, 3.05) is 6.61 Å². The first-order valence-electron chi connectivity index (χ1n) is 11.6. The van der Waals surface area contributed by atoms with Crippen molar-refractivity contribution >= 4 is 40.2 Å². The lowest BCUT2D eigenvalue weighted by Crippen LogP contribution is -2.11. The minimum Gasteiger partial charge on any atom is -0.494 e. The number of thiazole rings is 1. The zero-order valence-corrected chi connectivity index (χ0v) is 22.7. The van der Waals surface area contributed by atoms with Gasteiger partial charge in [-0.1, -0.05) is 72.8 Å². The second-order valence-electron chi connectivity index (χ2n) is 7.96. The van der Waals surface area contributed by atoms with E-state index < -0.39 is 0 Å². The molecule has 0 saturated heterocycles. The summed E-state index contributed by atoms with van der Waals surface area (Å²) in [6.07, 6.45) is 1.53. The zero-order valence-electron chi connectivity index (χ0n) is 20.1. The van der Waals surface area contributed by atoms with Gasteiger partial charge in [0.2, 0.25) is 4.80 Å². The van der Waals surface area contributed by atoms with E-state index in [-0.39, 0.29) is 22.8 Å². The van der Waals surface area contributed by atoms with Gasteiger partial charge in [0, 0.05) is 16.5 Å². The Kier molecular flexibility index (Phi) is 8.82. The zero-order chi connectivity index (χ0) is 24.7. The Hall–Kier alpha value is -3.81. The normalized spacial score (nSPS) is 11.5. The number of rotatable bonds is 7. The van der Waals surface area contributed by atoms with Gasteiger partial charge in [-0.2, -0.15) is 5.10 Å². The number of nitrogens with zero attached hydrogens (tertiary/aromatic N) is 3. The van der Waals surface area contributed by atoms with Crippen LogP contribution in [0.5, 0.6) is 5.75 Å². The summed E-state index contributed by atoms with van der Waals surface area (Å²) in [5.74, 6) is 0.475. The molecule has 0 N–H and O–H groups in total. The van der Waals surface area contributed by atoms with Crippen LogP contribution in [0.3, 0.4) is 0 Å². The maximum Gasteiger partial charge on any atom is 0.211 e. The molecule has 1 aromatic heterocycles. The predicted molar refractivity (Wildman–Crippen MR) is 156 cm³/mol. The van der Waals surface area contributed by atoms with Crippen LogP contribution in [0.4, 0.5) is 10.1 Å². The molecule has 0 saturated carbocycles. The molecule has 0 radical (unpaired) electrons. The molecule has 5 rings (SSSR count). The third-order valence-corrected chi connectivity index (χ3v) is 6.38. The Morgan fingerprint density at radius 3 is 2.16 bits per heavy atom. The molecule has 0 amide bonds. The highest BCUT2D eigenvalue weighted by Gasteiger charge is 2.09. The molecule has 1 heterocycles. The Bertz CT molecular complexity index is 1540. The van der Waals surface area contributed by atoms with Gasteiger partial charge in [0.15, 0.2) is 0 Å². The summed E-state index contributed by atoms with van der Waals surface area (Å²) in [5.41, 5.74) is 5.35. The summed E-state index contributed by atoms with van der Waals surface area (Å²) in [5, 5.41) is 6.66. The average Bonchev–Trinajstić information content (AvgIpc) is 3.32. The van der Waals surface area contributed by atoms with Crippen molar-refractivity contribution in [3.05, 3.63) is 125 Å². The van der Waals surface area contributed by atoms with E-state index >= 15 is 0 Å². The number of benzene rings is 4. The molecule has 37 heavy (non-hydrogen) atoms. The lowest BCUT2D eigenvalue weighted by atomic mass is 10.0. The van der Waals surface area contributed by atoms with E-state index in [0.29, 0.717) is 17.0 Å². The monoisotopic (exact) mass is 573 g/mol. The van der Waals surface area contributed by atoms with E-state index in [4.69, 9.17) is 9.73 Å². The van der Waals surface area contributed by atoms with Crippen molar-refractivity contribution in [1.82, 2.24) is 4.68 Å². The molecule has 0 aliphatic heterocycles. The summed E-state index contributed by atoms with van der Waals surface area (Å²) in [6.45, 7) is 2.56. The fourth-order valence-electron chi connectivity index (χ4n) is 3.74. The van der Waals surface area contributed by atoms with Crippen molar-refractivity contribution < 1.29 is 9.13 Å². The molecule has 0 spiro atoms. The SMILES string of the molecule is Br.CCOc1ccc(N=c2scc(-c3ccc(-c4ccccc4)cc3)n2/N=C/c2ccccc2F)cc1. The van der Waals surface area contributed by atoms with Crippen molar-refractivity contribution in [1.29, 1.82) is 0 Å². The second-order valence-corrected chi connectivity index (χ2v) is 8.80. The Morgan fingerprint density at radius 2 is 1.46 bits per heavy atom. The number of halogens is 2. The molecular formula is C30H25BrFN3OS. The number of aromatic nitrogens is 1. The summed E-state index contributed by atoms with van der Waals surface area (Å²) in [4.78, 5) is 5.48. The van der Waals surface area contributed by atoms with E-state index in [1.165, 1.54) is 23.6 Å². The van der Waals surface area contributed by atoms with Crippen LogP contribution in [0.2, 0.25) is 0 Å². The van der Waals surface area contributed by atoms with Gasteiger partial charge in [-0.05, 0) is 48.4 Å². The highest BCUT2D eigenvalue weighted by Crippen LogP contribution is 2.26. The molecule has 186 valence electrons. The minimum absolute atomic E-state index is 0. The van der Waals surface area contributed by atoms with Crippen LogP contribution >= 0.6 is 28.3 Å². The van der Waals surface area contributed by atoms with E-state index in [2.05, 4.69) is 41.5 Å². The first-order chi connectivity index (χ1) is 17.7. The standard InChI is InChI=1S/C30H24FN3OS.BrH/c1-2-35-27-18-16-26(17-19-27)33-30-34(32-20-25-10-6-7-11-28(25)31)29(21-36-30)24-14-12-23(13-15-24)22-8-4-3-5-9-22;/h3-21H,2H2,1H3;1H/b32-20+,33-30?;. The van der Waals surface area contributed by atoms with Crippen LogP contribution in [0.25, 0.3) is 22.4 Å². The molecule has 0 atom stereocenters. The minimum atomic E-state index is -0.323. The van der Waals surface area contributed by atoms with Crippen LogP contribution in [-0.2, 0) is 0 Å². The van der Waals surface area contributed by atoms with Gasteiger partial charge in [-0.15, -0.1) is 28.3 Å². The summed E-state index contributed by atoms with van der Waals surface area (Å²) in [7, 11) is 0. The summed E-state index contributed by atoms with van der Waals surface area (Å²) in [6, 6.07) is 32.8. The number of hydrogen-bond acceptors (Lipinski definition) is 4. The third-order valence-electron chi connectivity index (χ3n) is 5.56. The van der Waals surface area contributed by atoms with Gasteiger partial charge in [0.05, 0.1) is 24.2 Å². The third kappa shape index (κ3) is 6.31. The largest absolute Gasteiger partial charge is 0.494 e. The molecule has 7 heteroatoms. The fourth-order valence-corrected chi connectivity index (χ4v) is 4.60. The fraction of sp³-hybridized carbons (Fsp3) is 0.0667. The second kappa shape index (κ2) is 12.4. The maximum absolute atomic E-state index is 14.3.